The van der Waals surface area contributed by atoms with Crippen molar-refractivity contribution in [2.75, 3.05) is 10.6 Å². The lowest BCUT2D eigenvalue weighted by Gasteiger charge is -2.23. The fourth-order valence-electron chi connectivity index (χ4n) is 2.73. The van der Waals surface area contributed by atoms with E-state index in [-0.39, 0.29) is 23.7 Å². The molecule has 2 aromatic carbocycles. The minimum Gasteiger partial charge on any atom is -0.478 e. The topological polar surface area (TPSA) is 121 Å². The highest BCUT2D eigenvalue weighted by Gasteiger charge is 2.32. The van der Waals surface area contributed by atoms with E-state index in [1.165, 1.54) is 24.3 Å². The molecular formula is C18H16N2O6S2. The van der Waals surface area contributed by atoms with Crippen LogP contribution in [0.15, 0.2) is 48.5 Å². The van der Waals surface area contributed by atoms with Crippen LogP contribution in [0.25, 0.3) is 0 Å². The molecule has 1 heterocycles. The van der Waals surface area contributed by atoms with Gasteiger partial charge in [-0.05, 0) is 41.1 Å². The summed E-state index contributed by atoms with van der Waals surface area (Å²) in [4.78, 5) is 34.2. The first-order valence-electron chi connectivity index (χ1n) is 8.06. The molecule has 1 atom stereocenters. The molecule has 1 aliphatic heterocycles. The summed E-state index contributed by atoms with van der Waals surface area (Å²) in [7, 11) is -3.67. The number of amides is 2. The number of carboxylic acids is 1. The van der Waals surface area contributed by atoms with Gasteiger partial charge in [-0.3, -0.25) is 19.2 Å². The van der Waals surface area contributed by atoms with Crippen molar-refractivity contribution in [3.8, 4) is 0 Å². The quantitative estimate of drug-likeness (QED) is 0.736. The summed E-state index contributed by atoms with van der Waals surface area (Å²) in [5.74, 6) is -1.53. The summed E-state index contributed by atoms with van der Waals surface area (Å²) < 4.78 is 25.6. The maximum Gasteiger partial charge on any atom is 0.335 e. The molecule has 0 aliphatic carbocycles. The highest BCUT2D eigenvalue weighted by atomic mass is 32.2. The van der Waals surface area contributed by atoms with Crippen LogP contribution in [0.3, 0.4) is 0 Å². The average molecular weight is 420 g/mol. The molecule has 146 valence electrons. The zero-order valence-corrected chi connectivity index (χ0v) is 16.3. The maximum atomic E-state index is 12.3. The van der Waals surface area contributed by atoms with E-state index in [0.717, 1.165) is 22.3 Å². The summed E-state index contributed by atoms with van der Waals surface area (Å²) in [5.41, 5.74) is 1.50. The van der Waals surface area contributed by atoms with Crippen LogP contribution in [-0.4, -0.2) is 36.9 Å². The van der Waals surface area contributed by atoms with Crippen LogP contribution in [0, 0.1) is 0 Å². The largest absolute Gasteiger partial charge is 0.478 e. The van der Waals surface area contributed by atoms with Gasteiger partial charge in [0.25, 0.3) is 5.24 Å². The molecule has 2 N–H and O–H groups in total. The number of benzene rings is 2. The number of hydrogen-bond acceptors (Lipinski definition) is 6. The number of anilines is 1. The van der Waals surface area contributed by atoms with Gasteiger partial charge in [0.2, 0.25) is 15.9 Å². The molecule has 2 amide bonds. The van der Waals surface area contributed by atoms with Crippen molar-refractivity contribution in [1.82, 2.24) is 5.32 Å². The number of imide groups is 1. The second-order valence-electron chi connectivity index (χ2n) is 6.14. The van der Waals surface area contributed by atoms with E-state index < -0.39 is 26.5 Å². The van der Waals surface area contributed by atoms with E-state index >= 15 is 0 Å². The number of carbonyl (C=O) groups excluding carboxylic acids is 2. The molecule has 0 radical (unpaired) electrons. The summed E-state index contributed by atoms with van der Waals surface area (Å²) in [6.45, 7) is -0.00881. The molecule has 1 saturated heterocycles. The Morgan fingerprint density at radius 3 is 2.39 bits per heavy atom. The zero-order valence-electron chi connectivity index (χ0n) is 14.7. The second kappa shape index (κ2) is 7.64. The van der Waals surface area contributed by atoms with Crippen molar-refractivity contribution in [2.45, 2.75) is 11.8 Å². The SMILES string of the molecule is CS(=O)(=O)N(Cc1ccc(C2SC(=O)NC2=O)cc1)c1cccc(C(=O)O)c1. The van der Waals surface area contributed by atoms with Gasteiger partial charge in [0.05, 0.1) is 24.1 Å². The van der Waals surface area contributed by atoms with Crippen LogP contribution in [0.1, 0.15) is 26.7 Å². The molecule has 1 fully saturated rings. The van der Waals surface area contributed by atoms with E-state index in [9.17, 15) is 22.8 Å². The predicted molar refractivity (Wildman–Crippen MR) is 105 cm³/mol. The second-order valence-corrected chi connectivity index (χ2v) is 9.13. The first-order chi connectivity index (χ1) is 13.1. The first-order valence-corrected chi connectivity index (χ1v) is 10.8. The number of carboxylic acid groups (broad SMARTS) is 1. The number of hydrogen-bond donors (Lipinski definition) is 2. The van der Waals surface area contributed by atoms with Gasteiger partial charge < -0.3 is 5.11 Å². The Morgan fingerprint density at radius 2 is 1.86 bits per heavy atom. The standard InChI is InChI=1S/C18H16N2O6S2/c1-28(25,26)20(14-4-2-3-13(9-14)17(22)23)10-11-5-7-12(8-6-11)15-16(21)19-18(24)27-15/h2-9,15H,10H2,1H3,(H,22,23)(H,19,21,24). The number of nitrogens with zero attached hydrogens (tertiary/aromatic N) is 1. The molecule has 8 nitrogen and oxygen atoms in total. The van der Waals surface area contributed by atoms with Crippen molar-refractivity contribution in [3.05, 3.63) is 65.2 Å². The Hall–Kier alpha value is -2.85. The third-order valence-corrected chi connectivity index (χ3v) is 6.26. The lowest BCUT2D eigenvalue weighted by Crippen LogP contribution is -2.29. The number of nitrogens with one attached hydrogen (secondary N) is 1. The Bertz CT molecular complexity index is 1050. The van der Waals surface area contributed by atoms with Crippen LogP contribution >= 0.6 is 11.8 Å². The molecule has 28 heavy (non-hydrogen) atoms. The lowest BCUT2D eigenvalue weighted by molar-refractivity contribution is -0.119. The molecule has 1 unspecified atom stereocenters. The van der Waals surface area contributed by atoms with Crippen LogP contribution in [0.4, 0.5) is 10.5 Å². The van der Waals surface area contributed by atoms with E-state index in [2.05, 4.69) is 5.32 Å². The first kappa shape index (κ1) is 19.9. The minimum absolute atomic E-state index is 0.00881. The normalized spacial score (nSPS) is 16.7. The van der Waals surface area contributed by atoms with Crippen molar-refractivity contribution < 1.29 is 27.9 Å². The Kier molecular flexibility index (Phi) is 5.43. The van der Waals surface area contributed by atoms with Crippen LogP contribution < -0.4 is 9.62 Å². The van der Waals surface area contributed by atoms with Crippen LogP contribution in [0.5, 0.6) is 0 Å². The van der Waals surface area contributed by atoms with Gasteiger partial charge in [-0.1, -0.05) is 30.3 Å². The number of aromatic carboxylic acids is 1. The van der Waals surface area contributed by atoms with Gasteiger partial charge in [-0.25, -0.2) is 13.2 Å². The molecule has 0 spiro atoms. The van der Waals surface area contributed by atoms with Gasteiger partial charge in [0.1, 0.15) is 5.25 Å². The summed E-state index contributed by atoms with van der Waals surface area (Å²) in [6, 6.07) is 12.4. The van der Waals surface area contributed by atoms with Gasteiger partial charge in [-0.15, -0.1) is 0 Å². The molecule has 3 rings (SSSR count). The van der Waals surface area contributed by atoms with E-state index in [1.54, 1.807) is 24.3 Å². The molecule has 1 aliphatic rings. The Morgan fingerprint density at radius 1 is 1.18 bits per heavy atom. The Balaban J connectivity index is 1.86. The average Bonchev–Trinajstić information content (AvgIpc) is 2.97. The Labute approximate surface area is 165 Å². The lowest BCUT2D eigenvalue weighted by atomic mass is 10.1. The van der Waals surface area contributed by atoms with Crippen molar-refractivity contribution in [3.63, 3.8) is 0 Å². The van der Waals surface area contributed by atoms with Crippen molar-refractivity contribution in [2.24, 2.45) is 0 Å². The van der Waals surface area contributed by atoms with E-state index in [1.807, 2.05) is 0 Å². The van der Waals surface area contributed by atoms with Crippen molar-refractivity contribution >= 4 is 44.6 Å². The molecule has 2 aromatic rings. The van der Waals surface area contributed by atoms with Crippen molar-refractivity contribution in [1.29, 1.82) is 0 Å². The highest BCUT2D eigenvalue weighted by Crippen LogP contribution is 2.34. The van der Waals surface area contributed by atoms with Gasteiger partial charge in [-0.2, -0.15) is 0 Å². The van der Waals surface area contributed by atoms with E-state index in [4.69, 9.17) is 5.11 Å². The third kappa shape index (κ3) is 4.34. The molecular weight excluding hydrogens is 404 g/mol. The highest BCUT2D eigenvalue weighted by molar-refractivity contribution is 8.15. The monoisotopic (exact) mass is 420 g/mol. The fraction of sp³-hybridized carbons (Fsp3) is 0.167. The number of sulfonamides is 1. The van der Waals surface area contributed by atoms with Gasteiger partial charge in [0.15, 0.2) is 0 Å². The molecule has 0 aromatic heterocycles. The zero-order chi connectivity index (χ0) is 20.5. The smallest absolute Gasteiger partial charge is 0.335 e. The van der Waals surface area contributed by atoms with Gasteiger partial charge in [0, 0.05) is 0 Å². The molecule has 10 heteroatoms. The minimum atomic E-state index is -3.67. The van der Waals surface area contributed by atoms with Gasteiger partial charge >= 0.3 is 5.97 Å². The summed E-state index contributed by atoms with van der Waals surface area (Å²) in [6.07, 6.45) is 1.04. The maximum absolute atomic E-state index is 12.3. The summed E-state index contributed by atoms with van der Waals surface area (Å²) in [5, 5.41) is 10.3. The number of thioether (sulfide) groups is 1. The van der Waals surface area contributed by atoms with E-state index in [0.29, 0.717) is 11.1 Å². The third-order valence-electron chi connectivity index (χ3n) is 4.08. The molecule has 0 saturated carbocycles. The predicted octanol–water partition coefficient (Wildman–Crippen LogP) is 2.38. The summed E-state index contributed by atoms with van der Waals surface area (Å²) >= 11 is 0.890. The number of rotatable bonds is 6. The number of carbonyl (C=O) groups is 3. The van der Waals surface area contributed by atoms with Crippen LogP contribution in [0.2, 0.25) is 0 Å². The van der Waals surface area contributed by atoms with Crippen LogP contribution in [-0.2, 0) is 21.4 Å². The fourth-order valence-corrected chi connectivity index (χ4v) is 4.45. The molecule has 0 bridgehead atoms.